The Morgan fingerprint density at radius 2 is 2.16 bits per heavy atom. The summed E-state index contributed by atoms with van der Waals surface area (Å²) in [7, 11) is 0. The minimum absolute atomic E-state index is 0.161. The fourth-order valence-corrected chi connectivity index (χ4v) is 1.77. The Kier molecular flexibility index (Phi) is 3.79. The van der Waals surface area contributed by atoms with Crippen LogP contribution in [0.4, 0.5) is 5.69 Å². The van der Waals surface area contributed by atoms with Crippen LogP contribution >= 0.6 is 0 Å². The van der Waals surface area contributed by atoms with Gasteiger partial charge in [-0.3, -0.25) is 4.79 Å². The molecule has 1 aromatic heterocycles. The van der Waals surface area contributed by atoms with Crippen molar-refractivity contribution in [1.29, 1.82) is 0 Å². The van der Waals surface area contributed by atoms with Gasteiger partial charge < -0.3 is 15.6 Å². The molecule has 0 bridgehead atoms. The number of amides is 1. The molecular weight excluding hydrogens is 244 g/mol. The first kappa shape index (κ1) is 13.1. The quantitative estimate of drug-likeness (QED) is 0.807. The van der Waals surface area contributed by atoms with Crippen LogP contribution in [0.2, 0.25) is 0 Å². The van der Waals surface area contributed by atoms with Crippen LogP contribution in [-0.2, 0) is 6.42 Å². The van der Waals surface area contributed by atoms with E-state index in [1.54, 1.807) is 19.1 Å². The molecule has 0 saturated carbocycles. The molecule has 19 heavy (non-hydrogen) atoms. The fraction of sp³-hybridized carbons (Fsp3) is 0.308. The van der Waals surface area contributed by atoms with E-state index in [0.29, 0.717) is 35.9 Å². The van der Waals surface area contributed by atoms with Gasteiger partial charge in [0, 0.05) is 24.2 Å². The van der Waals surface area contributed by atoms with Gasteiger partial charge in [0.15, 0.2) is 5.82 Å². The lowest BCUT2D eigenvalue weighted by Gasteiger charge is -2.05. The lowest BCUT2D eigenvalue weighted by molar-refractivity contribution is 0.0953. The van der Waals surface area contributed by atoms with Crippen molar-refractivity contribution in [1.82, 2.24) is 15.5 Å². The maximum absolute atomic E-state index is 11.9. The fourth-order valence-electron chi connectivity index (χ4n) is 1.77. The molecule has 0 fully saturated rings. The summed E-state index contributed by atoms with van der Waals surface area (Å²) in [6.07, 6.45) is 0.508. The number of nitrogen functional groups attached to an aromatic ring is 1. The Morgan fingerprint density at radius 1 is 1.37 bits per heavy atom. The summed E-state index contributed by atoms with van der Waals surface area (Å²) in [5, 5.41) is 6.47. The first-order valence-electron chi connectivity index (χ1n) is 5.99. The van der Waals surface area contributed by atoms with E-state index >= 15 is 0 Å². The van der Waals surface area contributed by atoms with Gasteiger partial charge in [0.2, 0.25) is 5.89 Å². The highest BCUT2D eigenvalue weighted by atomic mass is 16.5. The van der Waals surface area contributed by atoms with Crippen molar-refractivity contribution in [2.24, 2.45) is 0 Å². The predicted molar refractivity (Wildman–Crippen MR) is 70.7 cm³/mol. The van der Waals surface area contributed by atoms with Crippen LogP contribution in [0.15, 0.2) is 22.7 Å². The summed E-state index contributed by atoms with van der Waals surface area (Å²) in [5.41, 5.74) is 7.80. The van der Waals surface area contributed by atoms with Crippen LogP contribution in [0.1, 0.15) is 27.6 Å². The molecule has 0 aliphatic carbocycles. The summed E-state index contributed by atoms with van der Waals surface area (Å²) in [5.74, 6) is 0.945. The van der Waals surface area contributed by atoms with Crippen molar-refractivity contribution in [3.8, 4) is 0 Å². The molecule has 0 atom stereocenters. The minimum Gasteiger partial charge on any atom is -0.399 e. The number of carbonyl (C=O) groups is 1. The smallest absolute Gasteiger partial charge is 0.251 e. The number of nitrogens with two attached hydrogens (primary N) is 1. The van der Waals surface area contributed by atoms with E-state index in [1.807, 2.05) is 13.0 Å². The lowest BCUT2D eigenvalue weighted by Crippen LogP contribution is -2.25. The molecule has 3 N–H and O–H groups in total. The van der Waals surface area contributed by atoms with Gasteiger partial charge in [-0.15, -0.1) is 0 Å². The number of aromatic nitrogens is 2. The molecule has 1 aromatic carbocycles. The van der Waals surface area contributed by atoms with Gasteiger partial charge in [-0.1, -0.05) is 5.16 Å². The van der Waals surface area contributed by atoms with Gasteiger partial charge in [-0.05, 0) is 37.6 Å². The number of aryl methyl sites for hydroxylation is 2. The molecule has 2 rings (SSSR count). The molecule has 100 valence electrons. The van der Waals surface area contributed by atoms with Crippen LogP contribution in [0, 0.1) is 13.8 Å². The van der Waals surface area contributed by atoms with E-state index in [1.165, 1.54) is 0 Å². The number of benzene rings is 1. The van der Waals surface area contributed by atoms with E-state index < -0.39 is 0 Å². The average Bonchev–Trinajstić information content (AvgIpc) is 2.73. The predicted octanol–water partition coefficient (Wildman–Crippen LogP) is 1.24. The van der Waals surface area contributed by atoms with E-state index in [0.717, 1.165) is 5.56 Å². The molecule has 6 nitrogen and oxygen atoms in total. The Hall–Kier alpha value is -2.37. The van der Waals surface area contributed by atoms with E-state index in [4.69, 9.17) is 10.3 Å². The third-order valence-electron chi connectivity index (χ3n) is 2.56. The Morgan fingerprint density at radius 3 is 2.79 bits per heavy atom. The van der Waals surface area contributed by atoms with Gasteiger partial charge in [-0.25, -0.2) is 0 Å². The Labute approximate surface area is 111 Å². The summed E-state index contributed by atoms with van der Waals surface area (Å²) >= 11 is 0. The molecule has 0 radical (unpaired) electrons. The second-order valence-corrected chi connectivity index (χ2v) is 4.37. The maximum atomic E-state index is 11.9. The van der Waals surface area contributed by atoms with Crippen LogP contribution in [0.25, 0.3) is 0 Å². The lowest BCUT2D eigenvalue weighted by atomic mass is 10.1. The van der Waals surface area contributed by atoms with Crippen LogP contribution < -0.4 is 11.1 Å². The average molecular weight is 260 g/mol. The number of hydrogen-bond donors (Lipinski definition) is 2. The Bertz CT molecular complexity index is 572. The maximum Gasteiger partial charge on any atom is 0.251 e. The van der Waals surface area contributed by atoms with Crippen LogP contribution in [-0.4, -0.2) is 22.6 Å². The minimum atomic E-state index is -0.161. The van der Waals surface area contributed by atoms with Crippen LogP contribution in [0.5, 0.6) is 0 Å². The highest BCUT2D eigenvalue weighted by molar-refractivity contribution is 5.95. The topological polar surface area (TPSA) is 94.0 Å². The van der Waals surface area contributed by atoms with Gasteiger partial charge in [0.25, 0.3) is 5.91 Å². The largest absolute Gasteiger partial charge is 0.399 e. The summed E-state index contributed by atoms with van der Waals surface area (Å²) in [6.45, 7) is 4.09. The molecule has 1 amide bonds. The number of rotatable bonds is 4. The summed E-state index contributed by atoms with van der Waals surface area (Å²) in [6, 6.07) is 5.26. The third kappa shape index (κ3) is 3.54. The van der Waals surface area contributed by atoms with Gasteiger partial charge in [0.05, 0.1) is 0 Å². The molecule has 1 heterocycles. The molecule has 6 heteroatoms. The Balaban J connectivity index is 1.90. The van der Waals surface area contributed by atoms with Crippen molar-refractivity contribution in [2.75, 3.05) is 12.3 Å². The summed E-state index contributed by atoms with van der Waals surface area (Å²) in [4.78, 5) is 16.0. The molecule has 0 aliphatic rings. The summed E-state index contributed by atoms with van der Waals surface area (Å²) < 4.78 is 4.96. The first-order valence-corrected chi connectivity index (χ1v) is 5.99. The van der Waals surface area contributed by atoms with Crippen molar-refractivity contribution in [2.45, 2.75) is 20.3 Å². The second kappa shape index (κ2) is 5.51. The zero-order valence-electron chi connectivity index (χ0n) is 10.9. The highest BCUT2D eigenvalue weighted by Crippen LogP contribution is 2.11. The zero-order valence-corrected chi connectivity index (χ0v) is 10.9. The molecule has 0 unspecified atom stereocenters. The normalized spacial score (nSPS) is 10.4. The monoisotopic (exact) mass is 260 g/mol. The number of hydrogen-bond acceptors (Lipinski definition) is 5. The van der Waals surface area contributed by atoms with Crippen molar-refractivity contribution < 1.29 is 9.32 Å². The molecule has 0 spiro atoms. The second-order valence-electron chi connectivity index (χ2n) is 4.37. The number of anilines is 1. The van der Waals surface area contributed by atoms with Gasteiger partial charge in [0.1, 0.15) is 0 Å². The standard InChI is InChI=1S/C13H16N4O2/c1-8-5-10(7-11(14)6-8)13(18)15-4-3-12-16-9(2)17-19-12/h5-7H,3-4,14H2,1-2H3,(H,15,18). The number of nitrogens with zero attached hydrogens (tertiary/aromatic N) is 2. The van der Waals surface area contributed by atoms with E-state index in [-0.39, 0.29) is 5.91 Å². The van der Waals surface area contributed by atoms with Crippen molar-refractivity contribution in [3.05, 3.63) is 41.0 Å². The van der Waals surface area contributed by atoms with Crippen molar-refractivity contribution in [3.63, 3.8) is 0 Å². The molecule has 0 aliphatic heterocycles. The highest BCUT2D eigenvalue weighted by Gasteiger charge is 2.08. The van der Waals surface area contributed by atoms with Gasteiger partial charge >= 0.3 is 0 Å². The SMILES string of the molecule is Cc1cc(N)cc(C(=O)NCCc2nc(C)no2)c1. The zero-order chi connectivity index (χ0) is 13.8. The van der Waals surface area contributed by atoms with E-state index in [9.17, 15) is 4.79 Å². The molecule has 2 aromatic rings. The van der Waals surface area contributed by atoms with E-state index in [2.05, 4.69) is 15.5 Å². The first-order chi connectivity index (χ1) is 9.04. The third-order valence-corrected chi connectivity index (χ3v) is 2.56. The number of carbonyl (C=O) groups excluding carboxylic acids is 1. The van der Waals surface area contributed by atoms with Gasteiger partial charge in [-0.2, -0.15) is 4.98 Å². The molecule has 0 saturated heterocycles. The molecular formula is C13H16N4O2. The van der Waals surface area contributed by atoms with Crippen molar-refractivity contribution >= 4 is 11.6 Å². The number of nitrogens with one attached hydrogen (secondary N) is 1. The van der Waals surface area contributed by atoms with Crippen LogP contribution in [0.3, 0.4) is 0 Å².